The number of carbonyl (C=O) groups excluding carboxylic acids is 1. The molecule has 2 aromatic carbocycles. The van der Waals surface area contributed by atoms with Gasteiger partial charge in [0.1, 0.15) is 0 Å². The van der Waals surface area contributed by atoms with Crippen molar-refractivity contribution in [3.8, 4) is 0 Å². The molecule has 1 N–H and O–H groups in total. The molecule has 6 nitrogen and oxygen atoms in total. The predicted octanol–water partition coefficient (Wildman–Crippen LogP) is 3.30. The highest BCUT2D eigenvalue weighted by Crippen LogP contribution is 2.34. The summed E-state index contributed by atoms with van der Waals surface area (Å²) in [6, 6.07) is 10.6. The Bertz CT molecular complexity index is 1010. The molecule has 0 bridgehead atoms. The number of halogens is 4. The number of sulfonamides is 1. The molecule has 1 aliphatic heterocycles. The van der Waals surface area contributed by atoms with Crippen LogP contribution >= 0.6 is 11.6 Å². The molecule has 1 heterocycles. The van der Waals surface area contributed by atoms with Gasteiger partial charge in [0.05, 0.1) is 22.7 Å². The third kappa shape index (κ3) is 5.31. The quantitative estimate of drug-likeness (QED) is 0.741. The zero-order chi connectivity index (χ0) is 21.9. The molecule has 1 saturated heterocycles. The Balaban J connectivity index is 1.57. The van der Waals surface area contributed by atoms with Gasteiger partial charge < -0.3 is 5.32 Å². The van der Waals surface area contributed by atoms with Crippen molar-refractivity contribution in [2.75, 3.05) is 38.0 Å². The van der Waals surface area contributed by atoms with E-state index >= 15 is 0 Å². The van der Waals surface area contributed by atoms with Crippen molar-refractivity contribution in [1.29, 1.82) is 0 Å². The lowest BCUT2D eigenvalue weighted by Gasteiger charge is -2.33. The van der Waals surface area contributed by atoms with Gasteiger partial charge in [0.25, 0.3) is 0 Å². The van der Waals surface area contributed by atoms with E-state index in [0.29, 0.717) is 5.02 Å². The lowest BCUT2D eigenvalue weighted by molar-refractivity contribution is -0.137. The fourth-order valence-electron chi connectivity index (χ4n) is 3.12. The average Bonchev–Trinajstić information content (AvgIpc) is 2.68. The molecule has 1 fully saturated rings. The Kier molecular flexibility index (Phi) is 6.71. The predicted molar refractivity (Wildman–Crippen MR) is 107 cm³/mol. The number of benzene rings is 2. The highest BCUT2D eigenvalue weighted by atomic mass is 35.5. The molecule has 0 aromatic heterocycles. The summed E-state index contributed by atoms with van der Waals surface area (Å²) in [6.45, 7) is 0.748. The molecule has 1 amide bonds. The SMILES string of the molecule is O=C(CN1CCN(S(=O)(=O)c2ccc(Cl)cc2)CC1)Nc1ccccc1C(F)(F)F. The molecule has 30 heavy (non-hydrogen) atoms. The van der Waals surface area contributed by atoms with Gasteiger partial charge in [0, 0.05) is 31.2 Å². The van der Waals surface area contributed by atoms with Gasteiger partial charge in [-0.3, -0.25) is 9.69 Å². The molecule has 2 aromatic rings. The number of para-hydroxylation sites is 1. The first kappa shape index (κ1) is 22.5. The maximum Gasteiger partial charge on any atom is 0.418 e. The third-order valence-corrected chi connectivity index (χ3v) is 6.82. The summed E-state index contributed by atoms with van der Waals surface area (Å²) in [6.07, 6.45) is -4.58. The number of amides is 1. The van der Waals surface area contributed by atoms with Gasteiger partial charge >= 0.3 is 6.18 Å². The fourth-order valence-corrected chi connectivity index (χ4v) is 4.66. The lowest BCUT2D eigenvalue weighted by Crippen LogP contribution is -2.50. The second-order valence-electron chi connectivity index (χ2n) is 6.73. The molecular formula is C19H19ClF3N3O3S. The summed E-state index contributed by atoms with van der Waals surface area (Å²) in [5, 5.41) is 2.72. The second-order valence-corrected chi connectivity index (χ2v) is 9.10. The van der Waals surface area contributed by atoms with Crippen molar-refractivity contribution in [2.24, 2.45) is 0 Å². The number of rotatable bonds is 5. The molecule has 0 spiro atoms. The molecule has 0 aliphatic carbocycles. The number of hydrogen-bond donors (Lipinski definition) is 1. The molecule has 3 rings (SSSR count). The van der Waals surface area contributed by atoms with Gasteiger partial charge in [-0.15, -0.1) is 0 Å². The number of hydrogen-bond acceptors (Lipinski definition) is 4. The Morgan fingerprint density at radius 1 is 1.00 bits per heavy atom. The molecule has 0 radical (unpaired) electrons. The minimum Gasteiger partial charge on any atom is -0.324 e. The molecule has 0 unspecified atom stereocenters. The first-order valence-electron chi connectivity index (χ1n) is 9.01. The maximum atomic E-state index is 13.0. The second kappa shape index (κ2) is 8.93. The highest BCUT2D eigenvalue weighted by molar-refractivity contribution is 7.89. The smallest absolute Gasteiger partial charge is 0.324 e. The van der Waals surface area contributed by atoms with Crippen LogP contribution in [0.2, 0.25) is 5.02 Å². The minimum atomic E-state index is -4.58. The van der Waals surface area contributed by atoms with Gasteiger partial charge in [0.15, 0.2) is 0 Å². The Labute approximate surface area is 177 Å². The maximum absolute atomic E-state index is 13.0. The zero-order valence-electron chi connectivity index (χ0n) is 15.7. The Morgan fingerprint density at radius 2 is 1.60 bits per heavy atom. The third-order valence-electron chi connectivity index (χ3n) is 4.66. The first-order valence-corrected chi connectivity index (χ1v) is 10.8. The van der Waals surface area contributed by atoms with E-state index in [9.17, 15) is 26.4 Å². The molecule has 0 saturated carbocycles. The fraction of sp³-hybridized carbons (Fsp3) is 0.316. The standard InChI is InChI=1S/C19H19ClF3N3O3S/c20-14-5-7-15(8-6-14)30(28,29)26-11-9-25(10-12-26)13-18(27)24-17-4-2-1-3-16(17)19(21,22)23/h1-8H,9-13H2,(H,24,27). The number of nitrogens with zero attached hydrogens (tertiary/aromatic N) is 2. The molecular weight excluding hydrogens is 443 g/mol. The van der Waals surface area contributed by atoms with Crippen LogP contribution in [0.15, 0.2) is 53.4 Å². The van der Waals surface area contributed by atoms with Gasteiger partial charge in [-0.2, -0.15) is 17.5 Å². The van der Waals surface area contributed by atoms with Crippen molar-refractivity contribution in [2.45, 2.75) is 11.1 Å². The van der Waals surface area contributed by atoms with Crippen molar-refractivity contribution in [3.63, 3.8) is 0 Å². The van der Waals surface area contributed by atoms with Gasteiger partial charge in [-0.25, -0.2) is 8.42 Å². The van der Waals surface area contributed by atoms with E-state index in [2.05, 4.69) is 5.32 Å². The van der Waals surface area contributed by atoms with E-state index in [1.807, 2.05) is 0 Å². The first-order chi connectivity index (χ1) is 14.1. The van der Waals surface area contributed by atoms with E-state index in [0.717, 1.165) is 6.07 Å². The van der Waals surface area contributed by atoms with E-state index in [1.165, 1.54) is 46.8 Å². The van der Waals surface area contributed by atoms with Crippen LogP contribution in [0.1, 0.15) is 5.56 Å². The van der Waals surface area contributed by atoms with Crippen LogP contribution in [-0.4, -0.2) is 56.3 Å². The molecule has 1 aliphatic rings. The number of alkyl halides is 3. The Hall–Kier alpha value is -2.14. The summed E-state index contributed by atoms with van der Waals surface area (Å²) in [5.41, 5.74) is -1.23. The van der Waals surface area contributed by atoms with Crippen molar-refractivity contribution >= 4 is 33.2 Å². The number of piperazine rings is 1. The summed E-state index contributed by atoms with van der Waals surface area (Å²) in [7, 11) is -3.68. The molecule has 162 valence electrons. The van der Waals surface area contributed by atoms with E-state index in [4.69, 9.17) is 11.6 Å². The lowest BCUT2D eigenvalue weighted by atomic mass is 10.1. The summed E-state index contributed by atoms with van der Waals surface area (Å²) < 4.78 is 65.8. The van der Waals surface area contributed by atoms with Crippen LogP contribution < -0.4 is 5.32 Å². The topological polar surface area (TPSA) is 69.7 Å². The van der Waals surface area contributed by atoms with Crippen LogP contribution in [0, 0.1) is 0 Å². The monoisotopic (exact) mass is 461 g/mol. The molecule has 0 atom stereocenters. The van der Waals surface area contributed by atoms with E-state index in [1.54, 1.807) is 4.90 Å². The number of anilines is 1. The highest BCUT2D eigenvalue weighted by Gasteiger charge is 2.34. The van der Waals surface area contributed by atoms with Crippen LogP contribution in [-0.2, 0) is 21.0 Å². The largest absolute Gasteiger partial charge is 0.418 e. The number of carbonyl (C=O) groups is 1. The van der Waals surface area contributed by atoms with Gasteiger partial charge in [-0.1, -0.05) is 23.7 Å². The van der Waals surface area contributed by atoms with Crippen LogP contribution in [0.3, 0.4) is 0 Å². The van der Waals surface area contributed by atoms with Crippen LogP contribution in [0.25, 0.3) is 0 Å². The zero-order valence-corrected chi connectivity index (χ0v) is 17.3. The Morgan fingerprint density at radius 3 is 2.20 bits per heavy atom. The van der Waals surface area contributed by atoms with Crippen LogP contribution in [0.5, 0.6) is 0 Å². The van der Waals surface area contributed by atoms with Crippen molar-refractivity contribution in [1.82, 2.24) is 9.21 Å². The van der Waals surface area contributed by atoms with Crippen LogP contribution in [0.4, 0.5) is 18.9 Å². The average molecular weight is 462 g/mol. The van der Waals surface area contributed by atoms with Crippen molar-refractivity contribution < 1.29 is 26.4 Å². The minimum absolute atomic E-state index is 0.127. The van der Waals surface area contributed by atoms with Gasteiger partial charge in [-0.05, 0) is 36.4 Å². The summed E-state index contributed by atoms with van der Waals surface area (Å²) in [5.74, 6) is -0.597. The normalized spacial score (nSPS) is 16.4. The summed E-state index contributed by atoms with van der Waals surface area (Å²) in [4.78, 5) is 14.0. The van der Waals surface area contributed by atoms with Gasteiger partial charge in [0.2, 0.25) is 15.9 Å². The van der Waals surface area contributed by atoms with E-state index in [-0.39, 0.29) is 43.3 Å². The molecule has 11 heteroatoms. The summed E-state index contributed by atoms with van der Waals surface area (Å²) >= 11 is 5.79. The number of nitrogens with one attached hydrogen (secondary N) is 1. The van der Waals surface area contributed by atoms with E-state index < -0.39 is 27.7 Å². The van der Waals surface area contributed by atoms with Crippen molar-refractivity contribution in [3.05, 3.63) is 59.1 Å².